The molecule has 20 heavy (non-hydrogen) atoms. The van der Waals surface area contributed by atoms with Crippen molar-refractivity contribution in [3.63, 3.8) is 0 Å². The van der Waals surface area contributed by atoms with E-state index < -0.39 is 5.97 Å². The Morgan fingerprint density at radius 1 is 1.35 bits per heavy atom. The Morgan fingerprint density at radius 3 is 2.60 bits per heavy atom. The Bertz CT molecular complexity index is 617. The lowest BCUT2D eigenvalue weighted by atomic mass is 10.2. The maximum absolute atomic E-state index is 11.2. The first kappa shape index (κ1) is 14.1. The summed E-state index contributed by atoms with van der Waals surface area (Å²) < 4.78 is 5.07. The number of thioether (sulfide) groups is 1. The Kier molecular flexibility index (Phi) is 4.41. The van der Waals surface area contributed by atoms with Crippen LogP contribution in [-0.4, -0.2) is 34.4 Å². The maximum atomic E-state index is 11.2. The summed E-state index contributed by atoms with van der Waals surface area (Å²) >= 11 is 1.34. The highest BCUT2D eigenvalue weighted by Crippen LogP contribution is 2.22. The van der Waals surface area contributed by atoms with Gasteiger partial charge < -0.3 is 15.2 Å². The maximum Gasteiger partial charge on any atom is 0.341 e. The third-order valence-electron chi connectivity index (χ3n) is 2.53. The van der Waals surface area contributed by atoms with Gasteiger partial charge in [-0.1, -0.05) is 11.8 Å². The number of benzene rings is 1. The van der Waals surface area contributed by atoms with E-state index >= 15 is 0 Å². The molecule has 0 saturated carbocycles. The van der Waals surface area contributed by atoms with Gasteiger partial charge in [-0.25, -0.2) is 14.8 Å². The van der Waals surface area contributed by atoms with Crippen molar-refractivity contribution < 1.29 is 14.6 Å². The summed E-state index contributed by atoms with van der Waals surface area (Å²) in [6.45, 7) is 0. The van der Waals surface area contributed by atoms with Crippen LogP contribution in [-0.2, 0) is 0 Å². The number of hydrogen-bond acceptors (Lipinski definition) is 6. The fraction of sp³-hybridized carbons (Fsp3) is 0.154. The quantitative estimate of drug-likeness (QED) is 0.647. The monoisotopic (exact) mass is 291 g/mol. The van der Waals surface area contributed by atoms with Crippen molar-refractivity contribution in [1.82, 2.24) is 9.97 Å². The summed E-state index contributed by atoms with van der Waals surface area (Å²) in [6.07, 6.45) is 3.12. The van der Waals surface area contributed by atoms with Crippen LogP contribution >= 0.6 is 11.8 Å². The van der Waals surface area contributed by atoms with Gasteiger partial charge in [0.25, 0.3) is 0 Å². The molecule has 2 rings (SSSR count). The molecule has 1 heterocycles. The predicted molar refractivity (Wildman–Crippen MR) is 77.0 cm³/mol. The Hall–Kier alpha value is -2.28. The molecule has 0 unspecified atom stereocenters. The number of hydrogen-bond donors (Lipinski definition) is 2. The average molecular weight is 291 g/mol. The van der Waals surface area contributed by atoms with E-state index in [1.54, 1.807) is 31.4 Å². The van der Waals surface area contributed by atoms with Crippen molar-refractivity contribution in [2.24, 2.45) is 0 Å². The van der Waals surface area contributed by atoms with Crippen LogP contribution in [0.3, 0.4) is 0 Å². The molecule has 0 saturated heterocycles. The van der Waals surface area contributed by atoms with Gasteiger partial charge in [-0.2, -0.15) is 0 Å². The number of aromatic nitrogens is 2. The summed E-state index contributed by atoms with van der Waals surface area (Å²) in [4.78, 5) is 19.3. The van der Waals surface area contributed by atoms with Gasteiger partial charge in [0.15, 0.2) is 5.16 Å². The molecule has 0 atom stereocenters. The van der Waals surface area contributed by atoms with E-state index in [0.717, 1.165) is 11.4 Å². The zero-order valence-corrected chi connectivity index (χ0v) is 11.8. The van der Waals surface area contributed by atoms with Gasteiger partial charge in [0.05, 0.1) is 7.11 Å². The van der Waals surface area contributed by atoms with E-state index in [0.29, 0.717) is 5.16 Å². The third kappa shape index (κ3) is 3.18. The molecule has 0 aliphatic heterocycles. The number of carboxylic acid groups (broad SMARTS) is 1. The normalized spacial score (nSPS) is 10.1. The second kappa shape index (κ2) is 6.25. The molecule has 104 valence electrons. The van der Waals surface area contributed by atoms with Crippen LogP contribution in [0.5, 0.6) is 5.75 Å². The van der Waals surface area contributed by atoms with Gasteiger partial charge in [-0.15, -0.1) is 0 Å². The van der Waals surface area contributed by atoms with Crippen LogP contribution in [0.2, 0.25) is 0 Å². The predicted octanol–water partition coefficient (Wildman–Crippen LogP) is 2.65. The van der Waals surface area contributed by atoms with Crippen LogP contribution in [0, 0.1) is 0 Å². The van der Waals surface area contributed by atoms with Gasteiger partial charge >= 0.3 is 5.97 Å². The van der Waals surface area contributed by atoms with Gasteiger partial charge in [0.2, 0.25) is 0 Å². The van der Waals surface area contributed by atoms with Crippen molar-refractivity contribution in [3.05, 3.63) is 36.0 Å². The van der Waals surface area contributed by atoms with Crippen molar-refractivity contribution in [2.75, 3.05) is 18.7 Å². The minimum absolute atomic E-state index is 0.0265. The molecule has 1 aromatic carbocycles. The van der Waals surface area contributed by atoms with Gasteiger partial charge in [0, 0.05) is 11.9 Å². The zero-order chi connectivity index (χ0) is 14.5. The van der Waals surface area contributed by atoms with E-state index in [2.05, 4.69) is 15.3 Å². The van der Waals surface area contributed by atoms with E-state index in [-0.39, 0.29) is 11.4 Å². The standard InChI is InChI=1S/C13H13N3O3S/c1-19-9-5-3-8(4-6-9)15-11-10(12(17)18)7-14-13(16-11)20-2/h3-7H,1-2H3,(H,17,18)(H,14,15,16). The van der Waals surface area contributed by atoms with Crippen molar-refractivity contribution in [2.45, 2.75) is 5.16 Å². The van der Waals surface area contributed by atoms with Crippen molar-refractivity contribution in [3.8, 4) is 5.75 Å². The van der Waals surface area contributed by atoms with Crippen LogP contribution in [0.25, 0.3) is 0 Å². The number of nitrogens with one attached hydrogen (secondary N) is 1. The van der Waals surface area contributed by atoms with E-state index in [4.69, 9.17) is 9.84 Å². The van der Waals surface area contributed by atoms with Gasteiger partial charge in [0.1, 0.15) is 17.1 Å². The lowest BCUT2D eigenvalue weighted by molar-refractivity contribution is 0.0697. The SMILES string of the molecule is COc1ccc(Nc2nc(SC)ncc2C(=O)O)cc1. The van der Waals surface area contributed by atoms with Crippen molar-refractivity contribution >= 4 is 29.2 Å². The number of nitrogens with zero attached hydrogens (tertiary/aromatic N) is 2. The van der Waals surface area contributed by atoms with Crippen LogP contribution in [0.4, 0.5) is 11.5 Å². The van der Waals surface area contributed by atoms with Crippen LogP contribution in [0.1, 0.15) is 10.4 Å². The van der Waals surface area contributed by atoms with Crippen LogP contribution < -0.4 is 10.1 Å². The summed E-state index contributed by atoms with van der Waals surface area (Å²) in [7, 11) is 1.58. The molecule has 0 fully saturated rings. The first-order valence-electron chi connectivity index (χ1n) is 5.69. The molecule has 2 aromatic rings. The van der Waals surface area contributed by atoms with E-state index in [9.17, 15) is 4.79 Å². The van der Waals surface area contributed by atoms with Gasteiger partial charge in [-0.05, 0) is 30.5 Å². The molecule has 0 spiro atoms. The topological polar surface area (TPSA) is 84.3 Å². The van der Waals surface area contributed by atoms with Gasteiger partial charge in [-0.3, -0.25) is 0 Å². The summed E-state index contributed by atoms with van der Waals surface area (Å²) in [5.74, 6) is -0.0859. The smallest absolute Gasteiger partial charge is 0.341 e. The molecule has 2 N–H and O–H groups in total. The number of ether oxygens (including phenoxy) is 1. The summed E-state index contributed by atoms with van der Waals surface area (Å²) in [5.41, 5.74) is 0.748. The fourth-order valence-corrected chi connectivity index (χ4v) is 1.87. The Morgan fingerprint density at radius 2 is 2.05 bits per heavy atom. The number of aromatic carboxylic acids is 1. The molecule has 0 aliphatic carbocycles. The molecular weight excluding hydrogens is 278 g/mol. The third-order valence-corrected chi connectivity index (χ3v) is 3.09. The number of methoxy groups -OCH3 is 1. The van der Waals surface area contributed by atoms with E-state index in [1.165, 1.54) is 18.0 Å². The number of anilines is 2. The lowest BCUT2D eigenvalue weighted by Crippen LogP contribution is -2.06. The fourth-order valence-electron chi connectivity index (χ4n) is 1.53. The molecule has 7 heteroatoms. The summed E-state index contributed by atoms with van der Waals surface area (Å²) in [5, 5.41) is 12.6. The zero-order valence-electron chi connectivity index (χ0n) is 11.0. The molecule has 1 aromatic heterocycles. The summed E-state index contributed by atoms with van der Waals surface area (Å²) in [6, 6.07) is 7.12. The molecular formula is C13H13N3O3S. The largest absolute Gasteiger partial charge is 0.497 e. The first-order chi connectivity index (χ1) is 9.63. The number of carboxylic acids is 1. The highest BCUT2D eigenvalue weighted by Gasteiger charge is 2.13. The minimum atomic E-state index is -1.08. The number of carbonyl (C=O) groups is 1. The van der Waals surface area contributed by atoms with Crippen molar-refractivity contribution in [1.29, 1.82) is 0 Å². The minimum Gasteiger partial charge on any atom is -0.497 e. The second-order valence-electron chi connectivity index (χ2n) is 3.78. The average Bonchev–Trinajstić information content (AvgIpc) is 2.47. The van der Waals surface area contributed by atoms with Crippen LogP contribution in [0.15, 0.2) is 35.6 Å². The molecule has 0 amide bonds. The highest BCUT2D eigenvalue weighted by molar-refractivity contribution is 7.98. The lowest BCUT2D eigenvalue weighted by Gasteiger charge is -2.09. The van der Waals surface area contributed by atoms with E-state index in [1.807, 2.05) is 6.26 Å². The molecule has 0 aliphatic rings. The molecule has 6 nitrogen and oxygen atoms in total. The second-order valence-corrected chi connectivity index (χ2v) is 4.55. The number of rotatable bonds is 5. The molecule has 0 radical (unpaired) electrons. The Balaban J connectivity index is 2.32. The highest BCUT2D eigenvalue weighted by atomic mass is 32.2. The Labute approximate surface area is 120 Å². The first-order valence-corrected chi connectivity index (χ1v) is 6.92. The molecule has 0 bridgehead atoms.